The van der Waals surface area contributed by atoms with Gasteiger partial charge in [0.2, 0.25) is 5.91 Å². The smallest absolute Gasteiger partial charge is 0.248 e. The van der Waals surface area contributed by atoms with Crippen LogP contribution in [0.15, 0.2) is 0 Å². The van der Waals surface area contributed by atoms with Gasteiger partial charge in [-0.3, -0.25) is 4.79 Å². The highest BCUT2D eigenvalue weighted by atomic mass is 16.5. The van der Waals surface area contributed by atoms with Crippen molar-refractivity contribution in [3.63, 3.8) is 0 Å². The van der Waals surface area contributed by atoms with E-state index in [1.165, 1.54) is 0 Å². The molecule has 0 aromatic carbocycles. The van der Waals surface area contributed by atoms with E-state index in [9.17, 15) is 4.79 Å². The minimum Gasteiger partial charge on any atom is -0.370 e. The average Bonchev–Trinajstić information content (AvgIpc) is 2.17. The van der Waals surface area contributed by atoms with Gasteiger partial charge in [0, 0.05) is 19.6 Å². The van der Waals surface area contributed by atoms with Gasteiger partial charge < -0.3 is 15.4 Å². The van der Waals surface area contributed by atoms with E-state index in [1.54, 1.807) is 4.90 Å². The Balaban J connectivity index is 3.74. The van der Waals surface area contributed by atoms with Gasteiger partial charge in [0.15, 0.2) is 0 Å². The maximum atomic E-state index is 11.5. The van der Waals surface area contributed by atoms with Crippen LogP contribution in [0.25, 0.3) is 0 Å². The maximum absolute atomic E-state index is 11.5. The van der Waals surface area contributed by atoms with Gasteiger partial charge in [0.05, 0.1) is 6.61 Å². The van der Waals surface area contributed by atoms with Gasteiger partial charge in [-0.25, -0.2) is 0 Å². The maximum Gasteiger partial charge on any atom is 0.248 e. The van der Waals surface area contributed by atoms with Crippen LogP contribution in [0.1, 0.15) is 26.7 Å². The molecule has 0 bridgehead atoms. The van der Waals surface area contributed by atoms with Crippen LogP contribution >= 0.6 is 0 Å². The Labute approximate surface area is 86.4 Å². The van der Waals surface area contributed by atoms with Crippen LogP contribution in [0.4, 0.5) is 0 Å². The van der Waals surface area contributed by atoms with Crippen LogP contribution in [0, 0.1) is 0 Å². The van der Waals surface area contributed by atoms with Crippen LogP contribution in [-0.2, 0) is 9.53 Å². The van der Waals surface area contributed by atoms with Gasteiger partial charge in [-0.2, -0.15) is 0 Å². The van der Waals surface area contributed by atoms with Crippen LogP contribution in [0.3, 0.4) is 0 Å². The zero-order valence-corrected chi connectivity index (χ0v) is 9.45. The molecule has 1 amide bonds. The van der Waals surface area contributed by atoms with Crippen LogP contribution in [0.2, 0.25) is 0 Å². The van der Waals surface area contributed by atoms with Gasteiger partial charge in [-0.1, -0.05) is 13.3 Å². The number of carbonyl (C=O) groups excluding carboxylic acids is 1. The fourth-order valence-corrected chi connectivity index (χ4v) is 1.20. The van der Waals surface area contributed by atoms with Crippen molar-refractivity contribution in [3.05, 3.63) is 0 Å². The summed E-state index contributed by atoms with van der Waals surface area (Å²) in [5, 5.41) is 0. The fourth-order valence-electron chi connectivity index (χ4n) is 1.20. The number of nitrogens with zero attached hydrogens (tertiary/aromatic N) is 1. The molecule has 4 heteroatoms. The molecule has 0 rings (SSSR count). The summed E-state index contributed by atoms with van der Waals surface area (Å²) in [6, 6.07) is 0.286. The molecule has 0 aromatic heterocycles. The van der Waals surface area contributed by atoms with Crippen molar-refractivity contribution in [2.45, 2.75) is 32.7 Å². The van der Waals surface area contributed by atoms with E-state index in [2.05, 4.69) is 6.92 Å². The Kier molecular flexibility index (Phi) is 7.42. The summed E-state index contributed by atoms with van der Waals surface area (Å²) in [7, 11) is 1.81. The second-order valence-corrected chi connectivity index (χ2v) is 3.48. The summed E-state index contributed by atoms with van der Waals surface area (Å²) < 4.78 is 5.08. The van der Waals surface area contributed by atoms with E-state index in [0.29, 0.717) is 13.2 Å². The monoisotopic (exact) mass is 202 g/mol. The van der Waals surface area contributed by atoms with E-state index < -0.39 is 0 Å². The third-order valence-corrected chi connectivity index (χ3v) is 2.25. The summed E-state index contributed by atoms with van der Waals surface area (Å²) in [4.78, 5) is 13.2. The molecule has 4 nitrogen and oxygen atoms in total. The summed E-state index contributed by atoms with van der Waals surface area (Å²) in [6.07, 6.45) is 2.11. The zero-order valence-electron chi connectivity index (χ0n) is 9.45. The fraction of sp³-hybridized carbons (Fsp3) is 0.900. The molecule has 0 aliphatic rings. The molecular weight excluding hydrogens is 180 g/mol. The molecule has 0 saturated carbocycles. The number of rotatable bonds is 7. The van der Waals surface area contributed by atoms with E-state index in [1.807, 2.05) is 14.0 Å². The molecular formula is C10H22N2O2. The summed E-state index contributed by atoms with van der Waals surface area (Å²) >= 11 is 0. The Morgan fingerprint density at radius 3 is 2.71 bits per heavy atom. The summed E-state index contributed by atoms with van der Waals surface area (Å²) in [6.45, 7) is 5.20. The highest BCUT2D eigenvalue weighted by molar-refractivity contribution is 5.77. The zero-order chi connectivity index (χ0) is 11.0. The number of amides is 1. The predicted octanol–water partition coefficient (Wildman–Crippen LogP) is 0.609. The van der Waals surface area contributed by atoms with Gasteiger partial charge in [-0.15, -0.1) is 0 Å². The molecule has 2 N–H and O–H groups in total. The number of hydrogen-bond donors (Lipinski definition) is 1. The lowest BCUT2D eigenvalue weighted by Crippen LogP contribution is -2.37. The predicted molar refractivity (Wildman–Crippen MR) is 57.0 cm³/mol. The van der Waals surface area contributed by atoms with Gasteiger partial charge in [0.1, 0.15) is 6.61 Å². The van der Waals surface area contributed by atoms with E-state index in [-0.39, 0.29) is 18.6 Å². The minimum atomic E-state index is 0.0272. The normalized spacial score (nSPS) is 12.6. The van der Waals surface area contributed by atoms with Crippen LogP contribution in [-0.4, -0.2) is 43.7 Å². The van der Waals surface area contributed by atoms with Crippen LogP contribution < -0.4 is 5.73 Å². The van der Waals surface area contributed by atoms with E-state index in [4.69, 9.17) is 10.5 Å². The van der Waals surface area contributed by atoms with Gasteiger partial charge in [-0.05, 0) is 13.3 Å². The van der Waals surface area contributed by atoms with Crippen molar-refractivity contribution in [2.24, 2.45) is 5.73 Å². The molecule has 84 valence electrons. The van der Waals surface area contributed by atoms with Crippen molar-refractivity contribution in [3.8, 4) is 0 Å². The Morgan fingerprint density at radius 2 is 2.21 bits per heavy atom. The summed E-state index contributed by atoms with van der Waals surface area (Å²) in [5.74, 6) is 0.0272. The standard InChI is InChI=1S/C10H22N2O2/c1-4-5-9(2)12(3)10(13)8-14-7-6-11/h9H,4-8,11H2,1-3H3. The van der Waals surface area contributed by atoms with E-state index >= 15 is 0 Å². The number of hydrogen-bond acceptors (Lipinski definition) is 3. The lowest BCUT2D eigenvalue weighted by Gasteiger charge is -2.24. The number of nitrogens with two attached hydrogens (primary N) is 1. The SMILES string of the molecule is CCCC(C)N(C)C(=O)COCCN. The van der Waals surface area contributed by atoms with Gasteiger partial charge in [0.25, 0.3) is 0 Å². The Bertz CT molecular complexity index is 162. The number of carbonyl (C=O) groups is 1. The van der Waals surface area contributed by atoms with Gasteiger partial charge >= 0.3 is 0 Å². The van der Waals surface area contributed by atoms with E-state index in [0.717, 1.165) is 12.8 Å². The third-order valence-electron chi connectivity index (χ3n) is 2.25. The van der Waals surface area contributed by atoms with Crippen molar-refractivity contribution in [2.75, 3.05) is 26.8 Å². The molecule has 0 spiro atoms. The topological polar surface area (TPSA) is 55.6 Å². The second kappa shape index (κ2) is 7.76. The highest BCUT2D eigenvalue weighted by Gasteiger charge is 2.14. The molecule has 1 unspecified atom stereocenters. The minimum absolute atomic E-state index is 0.0272. The van der Waals surface area contributed by atoms with Crippen molar-refractivity contribution in [1.29, 1.82) is 0 Å². The molecule has 0 heterocycles. The lowest BCUT2D eigenvalue weighted by molar-refractivity contribution is -0.136. The first kappa shape index (κ1) is 13.4. The van der Waals surface area contributed by atoms with Crippen molar-refractivity contribution < 1.29 is 9.53 Å². The first-order valence-electron chi connectivity index (χ1n) is 5.17. The Morgan fingerprint density at radius 1 is 1.57 bits per heavy atom. The molecule has 0 radical (unpaired) electrons. The van der Waals surface area contributed by atoms with Crippen molar-refractivity contribution >= 4 is 5.91 Å². The molecule has 0 aliphatic carbocycles. The first-order valence-corrected chi connectivity index (χ1v) is 5.17. The molecule has 0 fully saturated rings. The second-order valence-electron chi connectivity index (χ2n) is 3.48. The quantitative estimate of drug-likeness (QED) is 0.615. The average molecular weight is 202 g/mol. The molecule has 0 aliphatic heterocycles. The number of ether oxygens (including phenoxy) is 1. The highest BCUT2D eigenvalue weighted by Crippen LogP contribution is 2.04. The first-order chi connectivity index (χ1) is 6.63. The lowest BCUT2D eigenvalue weighted by atomic mass is 10.2. The third kappa shape index (κ3) is 5.19. The summed E-state index contributed by atoms with van der Waals surface area (Å²) in [5.41, 5.74) is 5.25. The van der Waals surface area contributed by atoms with Crippen LogP contribution in [0.5, 0.6) is 0 Å². The number of likely N-dealkylation sites (N-methyl/N-ethyl adjacent to an activating group) is 1. The molecule has 14 heavy (non-hydrogen) atoms. The molecule has 0 saturated heterocycles. The van der Waals surface area contributed by atoms with Crippen molar-refractivity contribution in [1.82, 2.24) is 4.90 Å². The Hall–Kier alpha value is -0.610. The largest absolute Gasteiger partial charge is 0.370 e. The molecule has 1 atom stereocenters. The molecule has 0 aromatic rings.